The number of rotatable bonds is 2. The van der Waals surface area contributed by atoms with E-state index in [4.69, 9.17) is 9.94 Å². The van der Waals surface area contributed by atoms with Gasteiger partial charge in [0.25, 0.3) is 0 Å². The fourth-order valence-corrected chi connectivity index (χ4v) is 2.08. The van der Waals surface area contributed by atoms with Gasteiger partial charge in [-0.1, -0.05) is 5.16 Å². The zero-order valence-electron chi connectivity index (χ0n) is 9.60. The van der Waals surface area contributed by atoms with E-state index in [0.717, 1.165) is 42.2 Å². The Hall–Kier alpha value is -1.71. The van der Waals surface area contributed by atoms with Crippen LogP contribution in [-0.4, -0.2) is 31.1 Å². The molecule has 4 heteroatoms. The van der Waals surface area contributed by atoms with Gasteiger partial charge in [0.15, 0.2) is 0 Å². The molecule has 0 fully saturated rings. The van der Waals surface area contributed by atoms with E-state index >= 15 is 0 Å². The molecule has 0 aromatic heterocycles. The Labute approximate surface area is 95.1 Å². The average molecular weight is 220 g/mol. The molecular weight excluding hydrogens is 204 g/mol. The number of oxime groups is 1. The molecule has 1 aliphatic heterocycles. The molecular formula is C12H16N2O2. The highest BCUT2D eigenvalue weighted by atomic mass is 16.5. The van der Waals surface area contributed by atoms with E-state index < -0.39 is 0 Å². The summed E-state index contributed by atoms with van der Waals surface area (Å²) in [5, 5.41) is 12.4. The Morgan fingerprint density at radius 3 is 2.94 bits per heavy atom. The van der Waals surface area contributed by atoms with Crippen molar-refractivity contribution in [3.63, 3.8) is 0 Å². The summed E-state index contributed by atoms with van der Waals surface area (Å²) in [4.78, 5) is 2.27. The lowest BCUT2D eigenvalue weighted by molar-refractivity contribution is 0.317. The molecule has 0 saturated carbocycles. The molecule has 86 valence electrons. The number of hydrogen-bond donors (Lipinski definition) is 1. The monoisotopic (exact) mass is 220 g/mol. The minimum Gasteiger partial charge on any atom is -0.497 e. The van der Waals surface area contributed by atoms with Gasteiger partial charge in [0.1, 0.15) is 5.75 Å². The minimum atomic E-state index is 0.735. The van der Waals surface area contributed by atoms with E-state index in [2.05, 4.69) is 17.0 Å². The van der Waals surface area contributed by atoms with Crippen LogP contribution < -0.4 is 9.64 Å². The van der Waals surface area contributed by atoms with Gasteiger partial charge in [0.05, 0.1) is 12.8 Å². The molecule has 0 aliphatic carbocycles. The van der Waals surface area contributed by atoms with Crippen LogP contribution >= 0.6 is 0 Å². The third-order valence-electron chi connectivity index (χ3n) is 2.98. The maximum Gasteiger partial charge on any atom is 0.119 e. The predicted molar refractivity (Wildman–Crippen MR) is 63.8 cm³/mol. The fraction of sp³-hybridized carbons (Fsp3) is 0.417. The number of hydrogen-bond acceptors (Lipinski definition) is 4. The minimum absolute atomic E-state index is 0.735. The molecule has 1 aromatic carbocycles. The highest BCUT2D eigenvalue weighted by Gasteiger charge is 2.21. The summed E-state index contributed by atoms with van der Waals surface area (Å²) in [6.45, 7) is 3.97. The number of methoxy groups -OCH3 is 1. The molecule has 0 atom stereocenters. The Morgan fingerprint density at radius 1 is 1.50 bits per heavy atom. The summed E-state index contributed by atoms with van der Waals surface area (Å²) in [6.07, 6.45) is 0.768. The Balaban J connectivity index is 2.50. The van der Waals surface area contributed by atoms with E-state index in [-0.39, 0.29) is 0 Å². The lowest BCUT2D eigenvalue weighted by atomic mass is 9.99. The molecule has 1 aliphatic rings. The molecule has 2 rings (SSSR count). The van der Waals surface area contributed by atoms with Crippen molar-refractivity contribution in [1.82, 2.24) is 0 Å². The van der Waals surface area contributed by atoms with Crippen LogP contribution in [0.1, 0.15) is 18.9 Å². The third kappa shape index (κ3) is 1.71. The van der Waals surface area contributed by atoms with E-state index in [1.807, 2.05) is 18.2 Å². The van der Waals surface area contributed by atoms with Crippen LogP contribution in [0.25, 0.3) is 0 Å². The second kappa shape index (κ2) is 4.43. The van der Waals surface area contributed by atoms with Crippen molar-refractivity contribution in [1.29, 1.82) is 0 Å². The first-order chi connectivity index (χ1) is 7.80. The third-order valence-corrected chi connectivity index (χ3v) is 2.98. The van der Waals surface area contributed by atoms with Gasteiger partial charge in [-0.25, -0.2) is 0 Å². The van der Waals surface area contributed by atoms with Crippen molar-refractivity contribution in [3.8, 4) is 5.75 Å². The van der Waals surface area contributed by atoms with Gasteiger partial charge in [0, 0.05) is 30.8 Å². The second-order valence-electron chi connectivity index (χ2n) is 3.76. The molecule has 0 radical (unpaired) electrons. The van der Waals surface area contributed by atoms with E-state index in [0.29, 0.717) is 0 Å². The summed E-state index contributed by atoms with van der Waals surface area (Å²) in [5.74, 6) is 0.790. The van der Waals surface area contributed by atoms with Crippen molar-refractivity contribution >= 4 is 11.4 Å². The largest absolute Gasteiger partial charge is 0.497 e. The van der Waals surface area contributed by atoms with Gasteiger partial charge in [0.2, 0.25) is 0 Å². The quantitative estimate of drug-likeness (QED) is 0.613. The first-order valence-electron chi connectivity index (χ1n) is 5.44. The number of fused-ring (bicyclic) bond motifs is 1. The normalized spacial score (nSPS) is 17.4. The molecule has 0 saturated heterocycles. The van der Waals surface area contributed by atoms with Crippen LogP contribution in [0.2, 0.25) is 0 Å². The zero-order chi connectivity index (χ0) is 11.5. The summed E-state index contributed by atoms with van der Waals surface area (Å²) in [7, 11) is 1.64. The Morgan fingerprint density at radius 2 is 2.31 bits per heavy atom. The topological polar surface area (TPSA) is 45.1 Å². The van der Waals surface area contributed by atoms with Crippen molar-refractivity contribution in [2.45, 2.75) is 13.3 Å². The maximum atomic E-state index is 8.99. The van der Waals surface area contributed by atoms with Crippen LogP contribution in [0, 0.1) is 0 Å². The lowest BCUT2D eigenvalue weighted by Gasteiger charge is -2.30. The van der Waals surface area contributed by atoms with Crippen molar-refractivity contribution in [3.05, 3.63) is 23.8 Å². The molecule has 0 bridgehead atoms. The zero-order valence-corrected chi connectivity index (χ0v) is 9.60. The molecule has 0 spiro atoms. The van der Waals surface area contributed by atoms with E-state index in [9.17, 15) is 0 Å². The summed E-state index contributed by atoms with van der Waals surface area (Å²) >= 11 is 0. The molecule has 1 heterocycles. The maximum absolute atomic E-state index is 8.99. The summed E-state index contributed by atoms with van der Waals surface area (Å²) in [5.41, 5.74) is 2.82. The second-order valence-corrected chi connectivity index (χ2v) is 3.76. The highest BCUT2D eigenvalue weighted by molar-refractivity contribution is 6.07. The first kappa shape index (κ1) is 10.8. The van der Waals surface area contributed by atoms with Crippen LogP contribution in [0.5, 0.6) is 5.75 Å². The van der Waals surface area contributed by atoms with Crippen LogP contribution in [0.4, 0.5) is 5.69 Å². The Bertz CT molecular complexity index is 415. The van der Waals surface area contributed by atoms with Crippen molar-refractivity contribution < 1.29 is 9.94 Å². The number of nitrogens with zero attached hydrogens (tertiary/aromatic N) is 2. The molecule has 0 amide bonds. The number of ether oxygens (including phenoxy) is 1. The highest BCUT2D eigenvalue weighted by Crippen LogP contribution is 2.30. The first-order valence-corrected chi connectivity index (χ1v) is 5.44. The van der Waals surface area contributed by atoms with E-state index in [1.165, 1.54) is 0 Å². The van der Waals surface area contributed by atoms with Crippen molar-refractivity contribution in [2.24, 2.45) is 5.16 Å². The average Bonchev–Trinajstić information content (AvgIpc) is 2.36. The Kier molecular flexibility index (Phi) is 2.99. The van der Waals surface area contributed by atoms with Crippen molar-refractivity contribution in [2.75, 3.05) is 25.1 Å². The van der Waals surface area contributed by atoms with Crippen LogP contribution in [0.15, 0.2) is 23.4 Å². The molecule has 16 heavy (non-hydrogen) atoms. The molecule has 1 N–H and O–H groups in total. The van der Waals surface area contributed by atoms with Gasteiger partial charge in [-0.2, -0.15) is 0 Å². The molecule has 4 nitrogen and oxygen atoms in total. The number of anilines is 1. The lowest BCUT2D eigenvalue weighted by Crippen LogP contribution is -2.32. The van der Waals surface area contributed by atoms with Crippen LogP contribution in [0.3, 0.4) is 0 Å². The molecule has 0 unspecified atom stereocenters. The van der Waals surface area contributed by atoms with E-state index in [1.54, 1.807) is 7.11 Å². The molecule has 1 aromatic rings. The van der Waals surface area contributed by atoms with Gasteiger partial charge in [-0.15, -0.1) is 0 Å². The number of benzene rings is 1. The van der Waals surface area contributed by atoms with Crippen LogP contribution in [-0.2, 0) is 0 Å². The standard InChI is InChI=1S/C12H16N2O2/c1-3-14-7-6-11(13-15)10-8-9(16-2)4-5-12(10)14/h4-5,8,15H,3,6-7H2,1-2H3/b13-11+. The van der Waals surface area contributed by atoms with Gasteiger partial charge >= 0.3 is 0 Å². The van der Waals surface area contributed by atoms with Gasteiger partial charge in [-0.3, -0.25) is 0 Å². The SMILES string of the molecule is CCN1CC/C(=N\O)c2cc(OC)ccc21. The summed E-state index contributed by atoms with van der Waals surface area (Å²) < 4.78 is 5.19. The predicted octanol–water partition coefficient (Wildman–Crippen LogP) is 2.10. The smallest absolute Gasteiger partial charge is 0.119 e. The fourth-order valence-electron chi connectivity index (χ4n) is 2.08. The van der Waals surface area contributed by atoms with Gasteiger partial charge in [-0.05, 0) is 25.1 Å². The van der Waals surface area contributed by atoms with Gasteiger partial charge < -0.3 is 14.8 Å². The summed E-state index contributed by atoms with van der Waals surface area (Å²) in [6, 6.07) is 5.87.